The number of hydrogen-bond donors (Lipinski definition) is 1. The number of aliphatic hydroxyl groups is 1. The largest absolute Gasteiger partial charge is 0.393 e. The van der Waals surface area contributed by atoms with Crippen molar-refractivity contribution in [1.82, 2.24) is 0 Å². The molecule has 1 N–H and O–H groups in total. The predicted molar refractivity (Wildman–Crippen MR) is 45.4 cm³/mol. The Bertz CT molecular complexity index is 102. The van der Waals surface area contributed by atoms with Crippen molar-refractivity contribution in [3.05, 3.63) is 0 Å². The Kier molecular flexibility index (Phi) is 6.13. The molecule has 2 heteroatoms. The maximum atomic E-state index is 10.2. The van der Waals surface area contributed by atoms with Gasteiger partial charge in [-0.15, -0.1) is 0 Å². The molecule has 0 aromatic carbocycles. The lowest BCUT2D eigenvalue weighted by atomic mass is 10.0. The van der Waals surface area contributed by atoms with E-state index in [-0.39, 0.29) is 12.0 Å². The first-order valence-electron chi connectivity index (χ1n) is 4.34. The molecule has 11 heavy (non-hydrogen) atoms. The number of hydrogen-bond acceptors (Lipinski definition) is 2. The lowest BCUT2D eigenvalue weighted by Crippen LogP contribution is -2.08. The van der Waals surface area contributed by atoms with Gasteiger partial charge in [0, 0.05) is 5.92 Å². The number of aliphatic hydroxyl groups excluding tert-OH is 1. The Morgan fingerprint density at radius 3 is 2.45 bits per heavy atom. The van der Waals surface area contributed by atoms with Gasteiger partial charge in [0.15, 0.2) is 0 Å². The van der Waals surface area contributed by atoms with Gasteiger partial charge < -0.3 is 9.90 Å². The molecule has 0 aliphatic carbocycles. The summed E-state index contributed by atoms with van der Waals surface area (Å²) in [6.07, 6.45) is 4.17. The first-order chi connectivity index (χ1) is 5.20. The quantitative estimate of drug-likeness (QED) is 0.598. The van der Waals surface area contributed by atoms with E-state index < -0.39 is 0 Å². The predicted octanol–water partition coefficient (Wildman–Crippen LogP) is 1.76. The highest BCUT2D eigenvalue weighted by Gasteiger charge is 2.05. The molecule has 0 aromatic rings. The third-order valence-corrected chi connectivity index (χ3v) is 1.81. The minimum Gasteiger partial charge on any atom is -0.393 e. The van der Waals surface area contributed by atoms with E-state index in [9.17, 15) is 9.90 Å². The maximum Gasteiger partial charge on any atom is 0.122 e. The smallest absolute Gasteiger partial charge is 0.122 e. The summed E-state index contributed by atoms with van der Waals surface area (Å²) in [6.45, 7) is 3.93. The first kappa shape index (κ1) is 10.6. The Morgan fingerprint density at radius 2 is 2.00 bits per heavy atom. The Labute approximate surface area is 68.6 Å². The molecule has 0 aliphatic rings. The van der Waals surface area contributed by atoms with Crippen molar-refractivity contribution in [2.45, 2.75) is 45.6 Å². The highest BCUT2D eigenvalue weighted by Crippen LogP contribution is 2.08. The van der Waals surface area contributed by atoms with Crippen LogP contribution >= 0.6 is 0 Å². The summed E-state index contributed by atoms with van der Waals surface area (Å²) in [6, 6.07) is 0. The molecule has 0 saturated heterocycles. The van der Waals surface area contributed by atoms with Crippen molar-refractivity contribution in [3.8, 4) is 0 Å². The molecule has 0 heterocycles. The number of carbonyl (C=O) groups excluding carboxylic acids is 1. The molecule has 0 radical (unpaired) electrons. The van der Waals surface area contributed by atoms with E-state index in [4.69, 9.17) is 0 Å². The second kappa shape index (κ2) is 6.35. The highest BCUT2D eigenvalue weighted by molar-refractivity contribution is 5.52. The van der Waals surface area contributed by atoms with Crippen LogP contribution in [0.15, 0.2) is 0 Å². The summed E-state index contributed by atoms with van der Waals surface area (Å²) in [5.74, 6) is 0.0986. The van der Waals surface area contributed by atoms with Gasteiger partial charge in [-0.2, -0.15) is 0 Å². The van der Waals surface area contributed by atoms with Crippen molar-refractivity contribution in [2.24, 2.45) is 5.92 Å². The lowest BCUT2D eigenvalue weighted by Gasteiger charge is -2.09. The molecule has 0 bridgehead atoms. The van der Waals surface area contributed by atoms with Crippen molar-refractivity contribution >= 4 is 6.29 Å². The van der Waals surface area contributed by atoms with Crippen LogP contribution < -0.4 is 0 Å². The first-order valence-corrected chi connectivity index (χ1v) is 4.34. The van der Waals surface area contributed by atoms with Crippen LogP contribution in [0, 0.1) is 5.92 Å². The van der Waals surface area contributed by atoms with Crippen LogP contribution in [-0.2, 0) is 4.79 Å². The van der Waals surface area contributed by atoms with Crippen LogP contribution in [0.3, 0.4) is 0 Å². The van der Waals surface area contributed by atoms with Crippen LogP contribution in [0.4, 0.5) is 0 Å². The normalized spacial score (nSPS) is 15.9. The highest BCUT2D eigenvalue weighted by atomic mass is 16.3. The minimum absolute atomic E-state index is 0.0986. The van der Waals surface area contributed by atoms with Gasteiger partial charge in [0.25, 0.3) is 0 Å². The topological polar surface area (TPSA) is 37.3 Å². The standard InChI is InChI=1S/C9H18O2/c1-3-4-9(11)6-5-8(2)7-10/h7-9,11H,3-6H2,1-2H3. The SMILES string of the molecule is CCCC(O)CCC(C)C=O. The van der Waals surface area contributed by atoms with Crippen LogP contribution in [0.5, 0.6) is 0 Å². The molecule has 0 aliphatic heterocycles. The van der Waals surface area contributed by atoms with E-state index in [0.29, 0.717) is 0 Å². The van der Waals surface area contributed by atoms with Gasteiger partial charge in [-0.3, -0.25) is 0 Å². The van der Waals surface area contributed by atoms with Crippen molar-refractivity contribution in [1.29, 1.82) is 0 Å². The summed E-state index contributed by atoms with van der Waals surface area (Å²) in [5.41, 5.74) is 0. The summed E-state index contributed by atoms with van der Waals surface area (Å²) in [7, 11) is 0. The fourth-order valence-corrected chi connectivity index (χ4v) is 1.00. The zero-order valence-corrected chi connectivity index (χ0v) is 7.42. The molecular formula is C9H18O2. The van der Waals surface area contributed by atoms with Crippen molar-refractivity contribution in [2.75, 3.05) is 0 Å². The fourth-order valence-electron chi connectivity index (χ4n) is 1.00. The van der Waals surface area contributed by atoms with Crippen molar-refractivity contribution < 1.29 is 9.90 Å². The second-order valence-electron chi connectivity index (χ2n) is 3.13. The van der Waals surface area contributed by atoms with Gasteiger partial charge in [-0.1, -0.05) is 20.3 Å². The number of rotatable bonds is 6. The third-order valence-electron chi connectivity index (χ3n) is 1.81. The van der Waals surface area contributed by atoms with Crippen LogP contribution in [0.25, 0.3) is 0 Å². The molecule has 0 saturated carbocycles. The molecule has 2 atom stereocenters. The molecule has 0 rings (SSSR count). The summed E-state index contributed by atoms with van der Waals surface area (Å²) < 4.78 is 0. The Balaban J connectivity index is 3.29. The van der Waals surface area contributed by atoms with E-state index in [2.05, 4.69) is 0 Å². The van der Waals surface area contributed by atoms with Gasteiger partial charge in [0.05, 0.1) is 6.10 Å². The summed E-state index contributed by atoms with van der Waals surface area (Å²) >= 11 is 0. The van der Waals surface area contributed by atoms with E-state index in [0.717, 1.165) is 32.0 Å². The number of aldehydes is 1. The average molecular weight is 158 g/mol. The summed E-state index contributed by atoms with van der Waals surface area (Å²) in [5, 5.41) is 9.28. The average Bonchev–Trinajstić information content (AvgIpc) is 2.01. The molecule has 2 unspecified atom stereocenters. The van der Waals surface area contributed by atoms with E-state index in [1.165, 1.54) is 0 Å². The van der Waals surface area contributed by atoms with Crippen molar-refractivity contribution in [3.63, 3.8) is 0 Å². The van der Waals surface area contributed by atoms with Crippen LogP contribution in [0.1, 0.15) is 39.5 Å². The summed E-state index contributed by atoms with van der Waals surface area (Å²) in [4.78, 5) is 10.2. The second-order valence-corrected chi connectivity index (χ2v) is 3.13. The van der Waals surface area contributed by atoms with E-state index in [1.54, 1.807) is 0 Å². The van der Waals surface area contributed by atoms with E-state index in [1.807, 2.05) is 13.8 Å². The molecule has 0 fully saturated rings. The van der Waals surface area contributed by atoms with Gasteiger partial charge in [-0.05, 0) is 19.3 Å². The van der Waals surface area contributed by atoms with Crippen LogP contribution in [0.2, 0.25) is 0 Å². The molecule has 0 spiro atoms. The van der Waals surface area contributed by atoms with E-state index >= 15 is 0 Å². The monoisotopic (exact) mass is 158 g/mol. The van der Waals surface area contributed by atoms with Gasteiger partial charge >= 0.3 is 0 Å². The van der Waals surface area contributed by atoms with Gasteiger partial charge in [0.2, 0.25) is 0 Å². The third kappa shape index (κ3) is 6.05. The molecule has 0 amide bonds. The molecule has 2 nitrogen and oxygen atoms in total. The minimum atomic E-state index is -0.206. The maximum absolute atomic E-state index is 10.2. The van der Waals surface area contributed by atoms with Crippen LogP contribution in [-0.4, -0.2) is 17.5 Å². The molecular weight excluding hydrogens is 140 g/mol. The molecule has 66 valence electrons. The zero-order chi connectivity index (χ0) is 8.69. The Morgan fingerprint density at radius 1 is 1.36 bits per heavy atom. The fraction of sp³-hybridized carbons (Fsp3) is 0.889. The zero-order valence-electron chi connectivity index (χ0n) is 7.42. The van der Waals surface area contributed by atoms with Gasteiger partial charge in [0.1, 0.15) is 6.29 Å². The lowest BCUT2D eigenvalue weighted by molar-refractivity contribution is -0.110. The number of carbonyl (C=O) groups is 1. The Hall–Kier alpha value is -0.370. The van der Waals surface area contributed by atoms with Gasteiger partial charge in [-0.25, -0.2) is 0 Å². The molecule has 0 aromatic heterocycles.